The highest BCUT2D eigenvalue weighted by molar-refractivity contribution is 5.81. The maximum atomic E-state index is 12.2. The molecule has 148 valence electrons. The number of likely N-dealkylation sites (tertiary alicyclic amines) is 1. The number of carbonyl (C=O) groups is 2. The number of aryl methyl sites for hydroxylation is 2. The molecule has 6 heteroatoms. The lowest BCUT2D eigenvalue weighted by Gasteiger charge is -2.35. The van der Waals surface area contributed by atoms with Crippen molar-refractivity contribution in [2.24, 2.45) is 0 Å². The van der Waals surface area contributed by atoms with E-state index < -0.39 is 0 Å². The highest BCUT2D eigenvalue weighted by Gasteiger charge is 2.25. The molecule has 0 saturated carbocycles. The van der Waals surface area contributed by atoms with Crippen LogP contribution in [0.5, 0.6) is 0 Å². The van der Waals surface area contributed by atoms with E-state index in [9.17, 15) is 9.59 Å². The van der Waals surface area contributed by atoms with E-state index in [0.717, 1.165) is 63.3 Å². The van der Waals surface area contributed by atoms with E-state index in [1.165, 1.54) is 12.0 Å². The molecule has 0 radical (unpaired) electrons. The molecule has 0 aromatic carbocycles. The molecule has 3 heterocycles. The minimum atomic E-state index is -0.0136. The van der Waals surface area contributed by atoms with Gasteiger partial charge in [0.05, 0.1) is 6.04 Å². The third-order valence-electron chi connectivity index (χ3n) is 5.82. The van der Waals surface area contributed by atoms with Crippen LogP contribution in [0.15, 0.2) is 12.1 Å². The monoisotopic (exact) mass is 372 g/mol. The second-order valence-electron chi connectivity index (χ2n) is 7.86. The SMILES string of the molecule is CC(=O)[C@@H](C)N1CCC(NC(=O)CCCc2ccc3c(n2)NCCC3)CC1. The highest BCUT2D eigenvalue weighted by Crippen LogP contribution is 2.20. The number of Topliss-reactive ketones (excluding diaryl/α,β-unsaturated/α-hetero) is 1. The van der Waals surface area contributed by atoms with Crippen LogP contribution in [0.25, 0.3) is 0 Å². The largest absolute Gasteiger partial charge is 0.370 e. The molecule has 1 atom stereocenters. The summed E-state index contributed by atoms with van der Waals surface area (Å²) in [6, 6.07) is 4.48. The summed E-state index contributed by atoms with van der Waals surface area (Å²) in [6.45, 7) is 6.35. The molecule has 6 nitrogen and oxygen atoms in total. The van der Waals surface area contributed by atoms with Crippen LogP contribution >= 0.6 is 0 Å². The number of nitrogens with zero attached hydrogens (tertiary/aromatic N) is 2. The van der Waals surface area contributed by atoms with Crippen molar-refractivity contribution in [3.8, 4) is 0 Å². The number of nitrogens with one attached hydrogen (secondary N) is 2. The first kappa shape index (κ1) is 19.8. The quantitative estimate of drug-likeness (QED) is 0.768. The Balaban J connectivity index is 1.36. The topological polar surface area (TPSA) is 74.3 Å². The molecule has 2 N–H and O–H groups in total. The van der Waals surface area contributed by atoms with Gasteiger partial charge in [0.2, 0.25) is 5.91 Å². The van der Waals surface area contributed by atoms with Crippen LogP contribution in [0.1, 0.15) is 57.2 Å². The van der Waals surface area contributed by atoms with Crippen LogP contribution in [0.3, 0.4) is 0 Å². The van der Waals surface area contributed by atoms with Gasteiger partial charge in [0.25, 0.3) is 0 Å². The molecule has 1 aromatic rings. The van der Waals surface area contributed by atoms with Crippen LogP contribution in [-0.4, -0.2) is 53.3 Å². The summed E-state index contributed by atoms with van der Waals surface area (Å²) in [7, 11) is 0. The van der Waals surface area contributed by atoms with Gasteiger partial charge >= 0.3 is 0 Å². The number of rotatable bonds is 7. The Kier molecular flexibility index (Phi) is 6.83. The van der Waals surface area contributed by atoms with Crippen LogP contribution in [0, 0.1) is 0 Å². The van der Waals surface area contributed by atoms with Crippen LogP contribution in [0.4, 0.5) is 5.82 Å². The van der Waals surface area contributed by atoms with Gasteiger partial charge in [-0.25, -0.2) is 4.98 Å². The van der Waals surface area contributed by atoms with E-state index in [1.54, 1.807) is 6.92 Å². The van der Waals surface area contributed by atoms with Crippen molar-refractivity contribution in [1.82, 2.24) is 15.2 Å². The molecule has 0 aliphatic carbocycles. The molecule has 27 heavy (non-hydrogen) atoms. The zero-order chi connectivity index (χ0) is 19.2. The second-order valence-corrected chi connectivity index (χ2v) is 7.86. The van der Waals surface area contributed by atoms with Crippen LogP contribution in [-0.2, 0) is 22.4 Å². The molecule has 1 amide bonds. The number of aromatic nitrogens is 1. The molecule has 3 rings (SSSR count). The number of carbonyl (C=O) groups excluding carboxylic acids is 2. The Hall–Kier alpha value is -1.95. The van der Waals surface area contributed by atoms with Crippen molar-refractivity contribution in [3.63, 3.8) is 0 Å². The Morgan fingerprint density at radius 1 is 1.33 bits per heavy atom. The van der Waals surface area contributed by atoms with Crippen LogP contribution in [0.2, 0.25) is 0 Å². The van der Waals surface area contributed by atoms with E-state index in [1.807, 2.05) is 6.92 Å². The van der Waals surface area contributed by atoms with Gasteiger partial charge in [-0.15, -0.1) is 0 Å². The lowest BCUT2D eigenvalue weighted by atomic mass is 10.0. The summed E-state index contributed by atoms with van der Waals surface area (Å²) in [5.41, 5.74) is 2.36. The lowest BCUT2D eigenvalue weighted by molar-refractivity contribution is -0.124. The van der Waals surface area contributed by atoms with E-state index in [-0.39, 0.29) is 23.8 Å². The number of fused-ring (bicyclic) bond motifs is 1. The fourth-order valence-corrected chi connectivity index (χ4v) is 3.93. The molecule has 0 unspecified atom stereocenters. The predicted octanol–water partition coefficient (Wildman–Crippen LogP) is 2.32. The number of piperidine rings is 1. The maximum absolute atomic E-state index is 12.2. The van der Waals surface area contributed by atoms with Gasteiger partial charge in [0.1, 0.15) is 11.6 Å². The molecule has 1 saturated heterocycles. The van der Waals surface area contributed by atoms with Crippen molar-refractivity contribution < 1.29 is 9.59 Å². The predicted molar refractivity (Wildman–Crippen MR) is 107 cm³/mol. The zero-order valence-corrected chi connectivity index (χ0v) is 16.6. The maximum Gasteiger partial charge on any atom is 0.220 e. The van der Waals surface area contributed by atoms with Gasteiger partial charge in [-0.3, -0.25) is 14.5 Å². The number of anilines is 1. The molecular formula is C21H32N4O2. The number of ketones is 1. The summed E-state index contributed by atoms with van der Waals surface area (Å²) in [5.74, 6) is 1.36. The average Bonchev–Trinajstić information content (AvgIpc) is 2.68. The Morgan fingerprint density at radius 2 is 2.11 bits per heavy atom. The Labute approximate surface area is 162 Å². The third-order valence-corrected chi connectivity index (χ3v) is 5.82. The number of pyridine rings is 1. The lowest BCUT2D eigenvalue weighted by Crippen LogP contribution is -2.48. The number of hydrogen-bond donors (Lipinski definition) is 2. The fourth-order valence-electron chi connectivity index (χ4n) is 3.93. The van der Waals surface area contributed by atoms with E-state index in [2.05, 4.69) is 32.7 Å². The van der Waals surface area contributed by atoms with E-state index >= 15 is 0 Å². The van der Waals surface area contributed by atoms with Gasteiger partial charge in [0, 0.05) is 37.8 Å². The molecule has 1 aromatic heterocycles. The van der Waals surface area contributed by atoms with E-state index in [0.29, 0.717) is 6.42 Å². The number of amides is 1. The molecule has 0 spiro atoms. The molecule has 2 aliphatic rings. The normalized spacial score (nSPS) is 19.0. The van der Waals surface area contributed by atoms with E-state index in [4.69, 9.17) is 0 Å². The van der Waals surface area contributed by atoms with Gasteiger partial charge < -0.3 is 10.6 Å². The Bertz CT molecular complexity index is 668. The molecule has 0 bridgehead atoms. The van der Waals surface area contributed by atoms with Crippen molar-refractivity contribution in [1.29, 1.82) is 0 Å². The van der Waals surface area contributed by atoms with Gasteiger partial charge in [-0.2, -0.15) is 0 Å². The first-order valence-corrected chi connectivity index (χ1v) is 10.3. The summed E-state index contributed by atoms with van der Waals surface area (Å²) in [4.78, 5) is 30.6. The molecular weight excluding hydrogens is 340 g/mol. The fraction of sp³-hybridized carbons (Fsp3) is 0.667. The second kappa shape index (κ2) is 9.31. The first-order chi connectivity index (χ1) is 13.0. The third kappa shape index (κ3) is 5.51. The van der Waals surface area contributed by atoms with Crippen molar-refractivity contribution in [2.45, 2.75) is 70.9 Å². The average molecular weight is 373 g/mol. The summed E-state index contributed by atoms with van der Waals surface area (Å²) in [5, 5.41) is 6.52. The molecule has 1 fully saturated rings. The smallest absolute Gasteiger partial charge is 0.220 e. The highest BCUT2D eigenvalue weighted by atomic mass is 16.1. The van der Waals surface area contributed by atoms with Crippen molar-refractivity contribution in [2.75, 3.05) is 25.0 Å². The first-order valence-electron chi connectivity index (χ1n) is 10.3. The zero-order valence-electron chi connectivity index (χ0n) is 16.6. The van der Waals surface area contributed by atoms with Crippen LogP contribution < -0.4 is 10.6 Å². The molecule has 2 aliphatic heterocycles. The summed E-state index contributed by atoms with van der Waals surface area (Å²) < 4.78 is 0. The number of hydrogen-bond acceptors (Lipinski definition) is 5. The minimum absolute atomic E-state index is 0.0136. The van der Waals surface area contributed by atoms with Crippen molar-refractivity contribution in [3.05, 3.63) is 23.4 Å². The van der Waals surface area contributed by atoms with Crippen molar-refractivity contribution >= 4 is 17.5 Å². The van der Waals surface area contributed by atoms with Gasteiger partial charge in [0.15, 0.2) is 0 Å². The summed E-state index contributed by atoms with van der Waals surface area (Å²) >= 11 is 0. The summed E-state index contributed by atoms with van der Waals surface area (Å²) in [6.07, 6.45) is 6.29. The minimum Gasteiger partial charge on any atom is -0.370 e. The Morgan fingerprint density at radius 3 is 2.85 bits per heavy atom. The standard InChI is InChI=1S/C21H32N4O2/c1-15(16(2)26)25-13-10-19(11-14-25)23-20(27)7-3-6-18-9-8-17-5-4-12-22-21(17)24-18/h8-9,15,19H,3-7,10-14H2,1-2H3,(H,22,24)(H,23,27)/t15-/m1/s1. The van der Waals surface area contributed by atoms with Gasteiger partial charge in [-0.1, -0.05) is 6.07 Å². The van der Waals surface area contributed by atoms with Gasteiger partial charge in [-0.05, 0) is 64.0 Å².